The standard InChI is InChI=1S/C8H12O4S/c1-4(3-6(9)10)7(5(2)13)8(11)12/h4,7H,3H2,1-2H3,(H,9,10)(H,11,12). The van der Waals surface area contributed by atoms with Crippen molar-refractivity contribution >= 4 is 29.0 Å². The lowest BCUT2D eigenvalue weighted by atomic mass is 9.89. The van der Waals surface area contributed by atoms with Gasteiger partial charge in [0.15, 0.2) is 0 Å². The van der Waals surface area contributed by atoms with Gasteiger partial charge in [0.05, 0.1) is 5.92 Å². The largest absolute Gasteiger partial charge is 0.481 e. The molecule has 0 fully saturated rings. The first-order valence-corrected chi connectivity index (χ1v) is 4.22. The van der Waals surface area contributed by atoms with Crippen molar-refractivity contribution < 1.29 is 19.8 Å². The third kappa shape index (κ3) is 3.98. The van der Waals surface area contributed by atoms with E-state index < -0.39 is 23.8 Å². The molecule has 0 saturated heterocycles. The average molecular weight is 204 g/mol. The van der Waals surface area contributed by atoms with Crippen molar-refractivity contribution in [3.05, 3.63) is 0 Å². The first kappa shape index (κ1) is 12.0. The fourth-order valence-corrected chi connectivity index (χ4v) is 1.54. The minimum atomic E-state index is -1.05. The Labute approximate surface area is 81.6 Å². The van der Waals surface area contributed by atoms with Crippen LogP contribution in [0, 0.1) is 11.8 Å². The average Bonchev–Trinajstić information content (AvgIpc) is 1.81. The molecular formula is C8H12O4S. The second-order valence-electron chi connectivity index (χ2n) is 3.00. The molecule has 0 radical (unpaired) electrons. The highest BCUT2D eigenvalue weighted by Gasteiger charge is 2.27. The highest BCUT2D eigenvalue weighted by Crippen LogP contribution is 2.17. The first-order valence-electron chi connectivity index (χ1n) is 3.81. The quantitative estimate of drug-likeness (QED) is 0.658. The van der Waals surface area contributed by atoms with Crippen LogP contribution in [0.2, 0.25) is 0 Å². The molecule has 74 valence electrons. The third-order valence-corrected chi connectivity index (χ3v) is 2.02. The van der Waals surface area contributed by atoms with Crippen molar-refractivity contribution in [3.63, 3.8) is 0 Å². The minimum Gasteiger partial charge on any atom is -0.481 e. The molecule has 0 saturated carbocycles. The summed E-state index contributed by atoms with van der Waals surface area (Å²) in [5, 5.41) is 17.2. The van der Waals surface area contributed by atoms with E-state index in [9.17, 15) is 9.59 Å². The lowest BCUT2D eigenvalue weighted by molar-refractivity contribution is -0.142. The second kappa shape index (κ2) is 4.91. The maximum absolute atomic E-state index is 10.7. The highest BCUT2D eigenvalue weighted by atomic mass is 32.1. The summed E-state index contributed by atoms with van der Waals surface area (Å²) in [5.41, 5.74) is 0. The number of carboxylic acids is 2. The normalized spacial score (nSPS) is 14.6. The van der Waals surface area contributed by atoms with Gasteiger partial charge < -0.3 is 10.2 Å². The van der Waals surface area contributed by atoms with Crippen LogP contribution >= 0.6 is 12.2 Å². The summed E-state index contributed by atoms with van der Waals surface area (Å²) >= 11 is 4.75. The van der Waals surface area contributed by atoms with Gasteiger partial charge in [-0.3, -0.25) is 9.59 Å². The van der Waals surface area contributed by atoms with E-state index in [0.717, 1.165) is 0 Å². The Morgan fingerprint density at radius 1 is 1.38 bits per heavy atom. The molecule has 2 unspecified atom stereocenters. The van der Waals surface area contributed by atoms with Gasteiger partial charge in [-0.1, -0.05) is 19.1 Å². The predicted molar refractivity (Wildman–Crippen MR) is 50.8 cm³/mol. The summed E-state index contributed by atoms with van der Waals surface area (Å²) in [5.74, 6) is -3.37. The smallest absolute Gasteiger partial charge is 0.311 e. The van der Waals surface area contributed by atoms with Crippen molar-refractivity contribution in [2.24, 2.45) is 11.8 Å². The summed E-state index contributed by atoms with van der Waals surface area (Å²) in [6, 6.07) is 0. The molecule has 0 heterocycles. The Morgan fingerprint density at radius 2 is 1.85 bits per heavy atom. The zero-order chi connectivity index (χ0) is 10.6. The Morgan fingerprint density at radius 3 is 2.08 bits per heavy atom. The van der Waals surface area contributed by atoms with E-state index in [0.29, 0.717) is 4.86 Å². The van der Waals surface area contributed by atoms with Gasteiger partial charge in [0.2, 0.25) is 0 Å². The van der Waals surface area contributed by atoms with Crippen LogP contribution in [0.5, 0.6) is 0 Å². The maximum atomic E-state index is 10.7. The molecule has 2 atom stereocenters. The Hall–Kier alpha value is -0.970. The Bertz CT molecular complexity index is 222. The lowest BCUT2D eigenvalue weighted by Crippen LogP contribution is -2.28. The van der Waals surface area contributed by atoms with Crippen LogP contribution in [-0.2, 0) is 9.59 Å². The number of hydrogen-bond acceptors (Lipinski definition) is 3. The van der Waals surface area contributed by atoms with Crippen LogP contribution < -0.4 is 0 Å². The van der Waals surface area contributed by atoms with Gasteiger partial charge in [0.25, 0.3) is 0 Å². The molecule has 13 heavy (non-hydrogen) atoms. The fourth-order valence-electron chi connectivity index (χ4n) is 1.21. The number of rotatable bonds is 5. The van der Waals surface area contributed by atoms with Crippen LogP contribution in [0.1, 0.15) is 20.3 Å². The van der Waals surface area contributed by atoms with E-state index in [-0.39, 0.29) is 6.42 Å². The SMILES string of the molecule is CC(=S)C(C(=O)O)C(C)CC(=O)O. The monoisotopic (exact) mass is 204 g/mol. The lowest BCUT2D eigenvalue weighted by Gasteiger charge is -2.16. The van der Waals surface area contributed by atoms with E-state index >= 15 is 0 Å². The molecule has 0 aliphatic carbocycles. The van der Waals surface area contributed by atoms with Crippen LogP contribution in [0.25, 0.3) is 0 Å². The molecule has 2 N–H and O–H groups in total. The zero-order valence-corrected chi connectivity index (χ0v) is 8.30. The number of carbonyl (C=O) groups is 2. The molecule has 0 bridgehead atoms. The van der Waals surface area contributed by atoms with E-state index in [1.807, 2.05) is 0 Å². The molecule has 5 heteroatoms. The number of hydrogen-bond donors (Lipinski definition) is 2. The van der Waals surface area contributed by atoms with Gasteiger partial charge in [-0.2, -0.15) is 0 Å². The Balaban J connectivity index is 4.46. The molecule has 0 aromatic heterocycles. The van der Waals surface area contributed by atoms with Crippen molar-refractivity contribution in [3.8, 4) is 0 Å². The predicted octanol–water partition coefficient (Wildman–Crippen LogP) is 1.19. The molecular weight excluding hydrogens is 192 g/mol. The first-order chi connectivity index (χ1) is 5.86. The van der Waals surface area contributed by atoms with Gasteiger partial charge in [-0.25, -0.2) is 0 Å². The fraction of sp³-hybridized carbons (Fsp3) is 0.625. The summed E-state index contributed by atoms with van der Waals surface area (Å²) in [6.45, 7) is 3.09. The Kier molecular flexibility index (Phi) is 4.55. The zero-order valence-electron chi connectivity index (χ0n) is 7.48. The van der Waals surface area contributed by atoms with E-state index in [1.165, 1.54) is 6.92 Å². The maximum Gasteiger partial charge on any atom is 0.311 e. The third-order valence-electron chi connectivity index (χ3n) is 1.77. The van der Waals surface area contributed by atoms with Crippen molar-refractivity contribution in [1.82, 2.24) is 0 Å². The molecule has 4 nitrogen and oxygen atoms in total. The molecule has 0 aromatic rings. The highest BCUT2D eigenvalue weighted by molar-refractivity contribution is 7.80. The number of thiocarbonyl (C=S) groups is 1. The molecule has 0 amide bonds. The van der Waals surface area contributed by atoms with Crippen LogP contribution in [0.4, 0.5) is 0 Å². The van der Waals surface area contributed by atoms with E-state index in [2.05, 4.69) is 0 Å². The second-order valence-corrected chi connectivity index (χ2v) is 3.65. The number of aliphatic carboxylic acids is 2. The van der Waals surface area contributed by atoms with Crippen LogP contribution in [0.3, 0.4) is 0 Å². The molecule has 0 aliphatic rings. The summed E-state index contributed by atoms with van der Waals surface area (Å²) in [4.78, 5) is 21.3. The van der Waals surface area contributed by atoms with Gasteiger partial charge in [0.1, 0.15) is 0 Å². The van der Waals surface area contributed by atoms with Gasteiger partial charge in [-0.15, -0.1) is 0 Å². The van der Waals surface area contributed by atoms with Crippen LogP contribution in [-0.4, -0.2) is 27.0 Å². The van der Waals surface area contributed by atoms with Crippen molar-refractivity contribution in [2.75, 3.05) is 0 Å². The summed E-state index contributed by atoms with van der Waals surface area (Å²) < 4.78 is 0. The van der Waals surface area contributed by atoms with E-state index in [4.69, 9.17) is 22.4 Å². The molecule has 0 aromatic carbocycles. The molecule has 0 aliphatic heterocycles. The number of carboxylic acid groups (broad SMARTS) is 2. The molecule has 0 rings (SSSR count). The van der Waals surface area contributed by atoms with Gasteiger partial charge in [-0.05, 0) is 12.8 Å². The minimum absolute atomic E-state index is 0.176. The van der Waals surface area contributed by atoms with Gasteiger partial charge >= 0.3 is 11.9 Å². The summed E-state index contributed by atoms with van der Waals surface area (Å²) in [7, 11) is 0. The van der Waals surface area contributed by atoms with E-state index in [1.54, 1.807) is 6.92 Å². The molecule has 0 spiro atoms. The topological polar surface area (TPSA) is 74.6 Å². The van der Waals surface area contributed by atoms with Crippen molar-refractivity contribution in [1.29, 1.82) is 0 Å². The van der Waals surface area contributed by atoms with Crippen molar-refractivity contribution in [2.45, 2.75) is 20.3 Å². The van der Waals surface area contributed by atoms with Crippen LogP contribution in [0.15, 0.2) is 0 Å². The van der Waals surface area contributed by atoms with Gasteiger partial charge in [0, 0.05) is 11.3 Å². The summed E-state index contributed by atoms with van der Waals surface area (Å²) in [6.07, 6.45) is -0.176.